The molecular formula is C20H31N. The van der Waals surface area contributed by atoms with Gasteiger partial charge < -0.3 is 5.32 Å². The van der Waals surface area contributed by atoms with E-state index in [1.807, 2.05) is 0 Å². The van der Waals surface area contributed by atoms with E-state index in [0.717, 1.165) is 12.3 Å². The zero-order chi connectivity index (χ0) is 15.1. The van der Waals surface area contributed by atoms with Crippen molar-refractivity contribution in [1.82, 2.24) is 5.32 Å². The first-order valence-electron chi connectivity index (χ1n) is 8.77. The summed E-state index contributed by atoms with van der Waals surface area (Å²) in [5, 5.41) is 4.04. The van der Waals surface area contributed by atoms with Crippen molar-refractivity contribution in [2.45, 2.75) is 71.9 Å². The van der Waals surface area contributed by atoms with Gasteiger partial charge in [0.05, 0.1) is 0 Å². The van der Waals surface area contributed by atoms with Gasteiger partial charge in [-0.1, -0.05) is 58.0 Å². The minimum Gasteiger partial charge on any atom is -0.310 e. The van der Waals surface area contributed by atoms with Crippen LogP contribution in [-0.4, -0.2) is 12.1 Å². The molecule has 1 aromatic carbocycles. The fourth-order valence-electron chi connectivity index (χ4n) is 4.96. The molecule has 2 saturated carbocycles. The molecule has 0 saturated heterocycles. The van der Waals surface area contributed by atoms with Gasteiger partial charge in [0.15, 0.2) is 0 Å². The molecule has 0 aromatic heterocycles. The molecule has 4 unspecified atom stereocenters. The topological polar surface area (TPSA) is 12.0 Å². The number of hydrogen-bond acceptors (Lipinski definition) is 1. The predicted molar refractivity (Wildman–Crippen MR) is 90.4 cm³/mol. The van der Waals surface area contributed by atoms with Crippen LogP contribution < -0.4 is 5.32 Å². The largest absolute Gasteiger partial charge is 0.310 e. The van der Waals surface area contributed by atoms with E-state index < -0.39 is 0 Å². The first-order valence-corrected chi connectivity index (χ1v) is 8.77. The zero-order valence-corrected chi connectivity index (χ0v) is 14.2. The highest BCUT2D eigenvalue weighted by atomic mass is 15.0. The van der Waals surface area contributed by atoms with Crippen molar-refractivity contribution < 1.29 is 0 Å². The van der Waals surface area contributed by atoms with Crippen molar-refractivity contribution in [3.8, 4) is 0 Å². The van der Waals surface area contributed by atoms with Gasteiger partial charge in [0.1, 0.15) is 0 Å². The van der Waals surface area contributed by atoms with Crippen LogP contribution in [0, 0.1) is 16.7 Å². The van der Waals surface area contributed by atoms with Crippen LogP contribution in [0.15, 0.2) is 30.3 Å². The lowest BCUT2D eigenvalue weighted by Crippen LogP contribution is -2.49. The monoisotopic (exact) mass is 285 g/mol. The Hall–Kier alpha value is -0.820. The van der Waals surface area contributed by atoms with Crippen molar-refractivity contribution in [1.29, 1.82) is 0 Å². The Balaban J connectivity index is 1.68. The Kier molecular flexibility index (Phi) is 3.90. The van der Waals surface area contributed by atoms with Crippen LogP contribution in [0.3, 0.4) is 0 Å². The molecule has 1 heteroatoms. The number of benzene rings is 1. The van der Waals surface area contributed by atoms with Gasteiger partial charge in [-0.3, -0.25) is 0 Å². The van der Waals surface area contributed by atoms with Gasteiger partial charge in [0.2, 0.25) is 0 Å². The van der Waals surface area contributed by atoms with E-state index in [-0.39, 0.29) is 0 Å². The van der Waals surface area contributed by atoms with Gasteiger partial charge in [0, 0.05) is 12.1 Å². The molecule has 0 amide bonds. The lowest BCUT2D eigenvalue weighted by Gasteiger charge is -2.41. The standard InChI is InChI=1S/C20H31N/c1-5-17(13-15-9-7-6-8-10-15)21-18-14-16-11-12-20(18,4)19(16,2)3/h6-10,16-18,21H,5,11-14H2,1-4H3. The maximum atomic E-state index is 4.04. The third-order valence-corrected chi connectivity index (χ3v) is 7.05. The van der Waals surface area contributed by atoms with Gasteiger partial charge in [-0.05, 0) is 54.4 Å². The summed E-state index contributed by atoms with van der Waals surface area (Å²) in [7, 11) is 0. The van der Waals surface area contributed by atoms with Crippen LogP contribution in [-0.2, 0) is 6.42 Å². The van der Waals surface area contributed by atoms with Crippen LogP contribution in [0.1, 0.15) is 58.9 Å². The molecule has 2 aliphatic carbocycles. The highest BCUT2D eigenvalue weighted by molar-refractivity contribution is 5.17. The van der Waals surface area contributed by atoms with E-state index in [9.17, 15) is 0 Å². The molecule has 1 nitrogen and oxygen atoms in total. The first kappa shape index (κ1) is 15.1. The minimum absolute atomic E-state index is 0.488. The summed E-state index contributed by atoms with van der Waals surface area (Å²) in [4.78, 5) is 0. The van der Waals surface area contributed by atoms with Gasteiger partial charge >= 0.3 is 0 Å². The van der Waals surface area contributed by atoms with Crippen LogP contribution in [0.2, 0.25) is 0 Å². The molecule has 1 aromatic rings. The molecule has 2 fully saturated rings. The molecule has 2 bridgehead atoms. The fraction of sp³-hybridized carbons (Fsp3) is 0.700. The summed E-state index contributed by atoms with van der Waals surface area (Å²) in [5.41, 5.74) is 2.46. The number of hydrogen-bond donors (Lipinski definition) is 1. The van der Waals surface area contributed by atoms with Gasteiger partial charge in [-0.15, -0.1) is 0 Å². The summed E-state index contributed by atoms with van der Waals surface area (Å²) in [6.07, 6.45) is 6.61. The lowest BCUT2D eigenvalue weighted by atomic mass is 9.69. The normalized spacial score (nSPS) is 35.0. The van der Waals surface area contributed by atoms with Crippen LogP contribution in [0.5, 0.6) is 0 Å². The Bertz CT molecular complexity index is 478. The van der Waals surface area contributed by atoms with Crippen LogP contribution in [0.25, 0.3) is 0 Å². The van der Waals surface area contributed by atoms with Gasteiger partial charge in [0.25, 0.3) is 0 Å². The Morgan fingerprint density at radius 2 is 1.90 bits per heavy atom. The molecule has 3 rings (SSSR count). The van der Waals surface area contributed by atoms with Gasteiger partial charge in [-0.25, -0.2) is 0 Å². The zero-order valence-electron chi connectivity index (χ0n) is 14.2. The molecule has 4 atom stereocenters. The summed E-state index contributed by atoms with van der Waals surface area (Å²) < 4.78 is 0. The average Bonchev–Trinajstić information content (AvgIpc) is 2.81. The van der Waals surface area contributed by atoms with Crippen molar-refractivity contribution in [3.63, 3.8) is 0 Å². The molecule has 0 heterocycles. The third-order valence-electron chi connectivity index (χ3n) is 7.05. The molecule has 0 radical (unpaired) electrons. The second-order valence-electron chi connectivity index (χ2n) is 8.12. The van der Waals surface area contributed by atoms with Crippen molar-refractivity contribution in [2.75, 3.05) is 0 Å². The fourth-order valence-corrected chi connectivity index (χ4v) is 4.96. The number of nitrogens with one attached hydrogen (secondary N) is 1. The number of fused-ring (bicyclic) bond motifs is 2. The van der Waals surface area contributed by atoms with Crippen LogP contribution >= 0.6 is 0 Å². The Morgan fingerprint density at radius 1 is 1.19 bits per heavy atom. The summed E-state index contributed by atoms with van der Waals surface area (Å²) in [6, 6.07) is 12.3. The van der Waals surface area contributed by atoms with E-state index in [2.05, 4.69) is 63.3 Å². The predicted octanol–water partition coefficient (Wildman–Crippen LogP) is 4.81. The Morgan fingerprint density at radius 3 is 2.43 bits per heavy atom. The maximum absolute atomic E-state index is 4.04. The van der Waals surface area contributed by atoms with E-state index in [0.29, 0.717) is 22.9 Å². The van der Waals surface area contributed by atoms with E-state index in [4.69, 9.17) is 0 Å². The highest BCUT2D eigenvalue weighted by Crippen LogP contribution is 2.65. The average molecular weight is 285 g/mol. The molecular weight excluding hydrogens is 254 g/mol. The molecule has 116 valence electrons. The van der Waals surface area contributed by atoms with Crippen molar-refractivity contribution in [2.24, 2.45) is 16.7 Å². The summed E-state index contributed by atoms with van der Waals surface area (Å²) in [5.74, 6) is 0.925. The van der Waals surface area contributed by atoms with E-state index in [1.54, 1.807) is 0 Å². The molecule has 0 spiro atoms. The van der Waals surface area contributed by atoms with Crippen LogP contribution in [0.4, 0.5) is 0 Å². The highest BCUT2D eigenvalue weighted by Gasteiger charge is 2.61. The first-order chi connectivity index (χ1) is 9.97. The minimum atomic E-state index is 0.488. The molecule has 2 aliphatic rings. The molecule has 1 N–H and O–H groups in total. The van der Waals surface area contributed by atoms with Crippen molar-refractivity contribution in [3.05, 3.63) is 35.9 Å². The Labute approximate surface area is 130 Å². The summed E-state index contributed by atoms with van der Waals surface area (Å²) in [6.45, 7) is 9.86. The van der Waals surface area contributed by atoms with E-state index in [1.165, 1.54) is 31.2 Å². The SMILES string of the molecule is CCC(Cc1ccccc1)NC1CC2CCC1(C)C2(C)C. The third kappa shape index (κ3) is 2.44. The maximum Gasteiger partial charge on any atom is 0.0132 e. The molecule has 0 aliphatic heterocycles. The quantitative estimate of drug-likeness (QED) is 0.818. The second-order valence-corrected chi connectivity index (χ2v) is 8.12. The van der Waals surface area contributed by atoms with Gasteiger partial charge in [-0.2, -0.15) is 0 Å². The van der Waals surface area contributed by atoms with Crippen molar-refractivity contribution >= 4 is 0 Å². The lowest BCUT2D eigenvalue weighted by molar-refractivity contribution is 0.114. The van der Waals surface area contributed by atoms with E-state index >= 15 is 0 Å². The molecule has 21 heavy (non-hydrogen) atoms. The number of rotatable bonds is 5. The summed E-state index contributed by atoms with van der Waals surface area (Å²) >= 11 is 0. The smallest absolute Gasteiger partial charge is 0.0132 e. The second kappa shape index (κ2) is 5.43.